The van der Waals surface area contributed by atoms with Crippen LogP contribution in [-0.2, 0) is 0 Å². The first-order valence-electron chi connectivity index (χ1n) is 10.9. The van der Waals surface area contributed by atoms with Crippen molar-refractivity contribution in [2.75, 3.05) is 11.9 Å². The number of anilines is 1. The minimum atomic E-state index is 0.236. The van der Waals surface area contributed by atoms with Crippen LogP contribution in [0.4, 0.5) is 5.82 Å². The zero-order valence-corrected chi connectivity index (χ0v) is 18.8. The van der Waals surface area contributed by atoms with Gasteiger partial charge in [-0.15, -0.1) is 0 Å². The maximum Gasteiger partial charge on any atom is 0.163 e. The molecule has 2 aliphatic rings. The van der Waals surface area contributed by atoms with Crippen molar-refractivity contribution in [3.05, 3.63) is 52.4 Å². The topological polar surface area (TPSA) is 62.2 Å². The summed E-state index contributed by atoms with van der Waals surface area (Å²) < 4.78 is 0. The highest BCUT2D eigenvalue weighted by Crippen LogP contribution is 2.31. The van der Waals surface area contributed by atoms with Crippen LogP contribution in [0.25, 0.3) is 11.4 Å². The fourth-order valence-electron chi connectivity index (χ4n) is 4.25. The Morgan fingerprint density at radius 1 is 1.17 bits per heavy atom. The normalized spacial score (nSPS) is 22.1. The van der Waals surface area contributed by atoms with Crippen molar-refractivity contribution in [1.29, 1.82) is 0 Å². The maximum absolute atomic E-state index is 6.47. The molecule has 2 aliphatic heterocycles. The fraction of sp³-hybridized carbons (Fsp3) is 0.458. The summed E-state index contributed by atoms with van der Waals surface area (Å²) in [5.74, 6) is 2.85. The largest absolute Gasteiger partial charge is 0.325 e. The average molecular weight is 424 g/mol. The van der Waals surface area contributed by atoms with Gasteiger partial charge in [0.2, 0.25) is 0 Å². The molecule has 0 spiro atoms. The molecule has 2 aromatic rings. The van der Waals surface area contributed by atoms with E-state index in [-0.39, 0.29) is 6.04 Å². The molecule has 1 aromatic heterocycles. The first-order valence-corrected chi connectivity index (χ1v) is 11.3. The molecule has 2 unspecified atom stereocenters. The Hall–Kier alpha value is -2.24. The SMILES string of the molecule is CCC1CC(C)=C(Nc2cc(C3CCCCN3)nc(-c3ccccc3Cl)n2)N=C1C. The van der Waals surface area contributed by atoms with Gasteiger partial charge in [0.05, 0.1) is 10.7 Å². The Morgan fingerprint density at radius 2 is 2.00 bits per heavy atom. The molecule has 0 bridgehead atoms. The van der Waals surface area contributed by atoms with Crippen LogP contribution >= 0.6 is 11.6 Å². The Morgan fingerprint density at radius 3 is 2.73 bits per heavy atom. The summed E-state index contributed by atoms with van der Waals surface area (Å²) in [6.07, 6.45) is 5.64. The van der Waals surface area contributed by atoms with Crippen LogP contribution in [0.2, 0.25) is 5.02 Å². The number of piperidine rings is 1. The highest BCUT2D eigenvalue weighted by Gasteiger charge is 2.22. The third-order valence-electron chi connectivity index (χ3n) is 6.10. The Balaban J connectivity index is 1.72. The molecule has 4 rings (SSSR count). The lowest BCUT2D eigenvalue weighted by molar-refractivity contribution is 0.405. The zero-order chi connectivity index (χ0) is 21.1. The van der Waals surface area contributed by atoms with Crippen molar-refractivity contribution in [1.82, 2.24) is 15.3 Å². The Labute approximate surface area is 184 Å². The quantitative estimate of drug-likeness (QED) is 0.605. The van der Waals surface area contributed by atoms with E-state index in [1.54, 1.807) is 0 Å². The predicted molar refractivity (Wildman–Crippen MR) is 125 cm³/mol. The number of benzene rings is 1. The van der Waals surface area contributed by atoms with Gasteiger partial charge < -0.3 is 10.6 Å². The van der Waals surface area contributed by atoms with Crippen LogP contribution < -0.4 is 10.6 Å². The molecule has 2 atom stereocenters. The van der Waals surface area contributed by atoms with Gasteiger partial charge in [-0.2, -0.15) is 0 Å². The highest BCUT2D eigenvalue weighted by atomic mass is 35.5. The summed E-state index contributed by atoms with van der Waals surface area (Å²) in [6.45, 7) is 7.51. The molecular weight excluding hydrogens is 394 g/mol. The number of rotatable bonds is 5. The van der Waals surface area contributed by atoms with E-state index < -0.39 is 0 Å². The summed E-state index contributed by atoms with van der Waals surface area (Å²) in [6, 6.07) is 10.0. The van der Waals surface area contributed by atoms with E-state index in [0.29, 0.717) is 16.8 Å². The van der Waals surface area contributed by atoms with Crippen LogP contribution in [0.3, 0.4) is 0 Å². The van der Waals surface area contributed by atoms with E-state index >= 15 is 0 Å². The molecule has 3 heterocycles. The lowest BCUT2D eigenvalue weighted by Crippen LogP contribution is -2.28. The van der Waals surface area contributed by atoms with Crippen LogP contribution in [-0.4, -0.2) is 22.2 Å². The van der Waals surface area contributed by atoms with Gasteiger partial charge >= 0.3 is 0 Å². The lowest BCUT2D eigenvalue weighted by Gasteiger charge is -2.25. The van der Waals surface area contributed by atoms with E-state index in [1.807, 2.05) is 24.3 Å². The number of hydrogen-bond acceptors (Lipinski definition) is 5. The van der Waals surface area contributed by atoms with Gasteiger partial charge in [-0.25, -0.2) is 15.0 Å². The molecule has 2 N–H and O–H groups in total. The smallest absolute Gasteiger partial charge is 0.163 e. The number of nitrogens with zero attached hydrogens (tertiary/aromatic N) is 3. The molecule has 5 nitrogen and oxygen atoms in total. The van der Waals surface area contributed by atoms with E-state index in [9.17, 15) is 0 Å². The predicted octanol–water partition coefficient (Wildman–Crippen LogP) is 6.15. The molecule has 1 fully saturated rings. The van der Waals surface area contributed by atoms with Gasteiger partial charge in [0.1, 0.15) is 11.6 Å². The number of nitrogens with one attached hydrogen (secondary N) is 2. The minimum absolute atomic E-state index is 0.236. The van der Waals surface area contributed by atoms with Crippen molar-refractivity contribution in [3.8, 4) is 11.4 Å². The second-order valence-electron chi connectivity index (χ2n) is 8.30. The summed E-state index contributed by atoms with van der Waals surface area (Å²) in [5.41, 5.74) is 4.30. The van der Waals surface area contributed by atoms with Crippen molar-refractivity contribution < 1.29 is 0 Å². The second kappa shape index (κ2) is 9.27. The number of hydrogen-bond donors (Lipinski definition) is 2. The number of allylic oxidation sites excluding steroid dienone is 1. The third kappa shape index (κ3) is 4.57. The van der Waals surface area contributed by atoms with Gasteiger partial charge in [0, 0.05) is 29.3 Å². The van der Waals surface area contributed by atoms with Crippen LogP contribution in [0, 0.1) is 5.92 Å². The fourth-order valence-corrected chi connectivity index (χ4v) is 4.47. The van der Waals surface area contributed by atoms with Crippen LogP contribution in [0.1, 0.15) is 64.6 Å². The van der Waals surface area contributed by atoms with Gasteiger partial charge in [-0.3, -0.25) is 0 Å². The Bertz CT molecular complexity index is 975. The molecule has 1 aromatic carbocycles. The van der Waals surface area contributed by atoms with E-state index in [4.69, 9.17) is 26.6 Å². The lowest BCUT2D eigenvalue weighted by atomic mass is 9.91. The summed E-state index contributed by atoms with van der Waals surface area (Å²) in [7, 11) is 0. The van der Waals surface area contributed by atoms with E-state index in [2.05, 4.69) is 37.5 Å². The molecule has 0 radical (unpaired) electrons. The van der Waals surface area contributed by atoms with Gasteiger partial charge in [0.25, 0.3) is 0 Å². The monoisotopic (exact) mass is 423 g/mol. The van der Waals surface area contributed by atoms with Crippen molar-refractivity contribution in [3.63, 3.8) is 0 Å². The molecule has 158 valence electrons. The molecule has 6 heteroatoms. The maximum atomic E-state index is 6.47. The number of aromatic nitrogens is 2. The first-order chi connectivity index (χ1) is 14.5. The molecular formula is C24H30ClN5. The van der Waals surface area contributed by atoms with Crippen LogP contribution in [0.5, 0.6) is 0 Å². The zero-order valence-electron chi connectivity index (χ0n) is 18.0. The Kier molecular flexibility index (Phi) is 6.49. The highest BCUT2D eigenvalue weighted by molar-refractivity contribution is 6.33. The van der Waals surface area contributed by atoms with Gasteiger partial charge in [-0.1, -0.05) is 37.1 Å². The minimum Gasteiger partial charge on any atom is -0.325 e. The molecule has 1 saturated heterocycles. The number of halogens is 1. The van der Waals surface area contributed by atoms with E-state index in [0.717, 1.165) is 48.7 Å². The van der Waals surface area contributed by atoms with E-state index in [1.165, 1.54) is 24.1 Å². The third-order valence-corrected chi connectivity index (χ3v) is 6.43. The van der Waals surface area contributed by atoms with Crippen molar-refractivity contribution in [2.45, 2.75) is 58.9 Å². The molecule has 0 saturated carbocycles. The second-order valence-corrected chi connectivity index (χ2v) is 8.71. The van der Waals surface area contributed by atoms with Crippen LogP contribution in [0.15, 0.2) is 46.7 Å². The number of aliphatic imine (C=N–C) groups is 1. The molecule has 30 heavy (non-hydrogen) atoms. The van der Waals surface area contributed by atoms with Crippen molar-refractivity contribution in [2.24, 2.45) is 10.9 Å². The summed E-state index contributed by atoms with van der Waals surface area (Å²) >= 11 is 6.47. The summed E-state index contributed by atoms with van der Waals surface area (Å²) in [5, 5.41) is 7.74. The van der Waals surface area contributed by atoms with Gasteiger partial charge in [-0.05, 0) is 63.8 Å². The summed E-state index contributed by atoms with van der Waals surface area (Å²) in [4.78, 5) is 14.6. The van der Waals surface area contributed by atoms with Gasteiger partial charge in [0.15, 0.2) is 5.82 Å². The molecule has 0 amide bonds. The average Bonchev–Trinajstić information content (AvgIpc) is 2.77. The standard InChI is InChI=1S/C24H30ClN5/c1-4-17-13-15(2)23(27-16(17)3)29-22-14-21(20-11-7-8-12-26-20)28-24(30-22)18-9-5-6-10-19(18)25/h5-6,9-10,14,17,20,26H,4,7-8,11-13H2,1-3H3,(H,28,29,30). The molecule has 0 aliphatic carbocycles. The van der Waals surface area contributed by atoms with Crippen molar-refractivity contribution >= 4 is 23.1 Å². The first kappa shape index (κ1) is 21.0.